The Morgan fingerprint density at radius 2 is 2.00 bits per heavy atom. The molecule has 0 spiro atoms. The van der Waals surface area contributed by atoms with Gasteiger partial charge in [0.2, 0.25) is 0 Å². The standard InChI is InChI=1S/C14H14O2S/c1-16-14(15)8-7-13-12(9-10-17-13)11-5-3-2-4-6-11/h2-6,9-10H,7-8H2,1H3. The fourth-order valence-corrected chi connectivity index (χ4v) is 2.63. The zero-order valence-corrected chi connectivity index (χ0v) is 10.5. The second-order valence-corrected chi connectivity index (χ2v) is 4.70. The molecule has 0 saturated carbocycles. The van der Waals surface area contributed by atoms with Crippen LogP contribution in [0.25, 0.3) is 11.1 Å². The normalized spacial score (nSPS) is 10.2. The largest absolute Gasteiger partial charge is 0.469 e. The number of benzene rings is 1. The van der Waals surface area contributed by atoms with Gasteiger partial charge < -0.3 is 4.74 Å². The molecule has 2 rings (SSSR count). The fraction of sp³-hybridized carbons (Fsp3) is 0.214. The first-order valence-electron chi connectivity index (χ1n) is 5.50. The van der Waals surface area contributed by atoms with Crippen molar-refractivity contribution < 1.29 is 9.53 Å². The Morgan fingerprint density at radius 1 is 1.24 bits per heavy atom. The lowest BCUT2D eigenvalue weighted by atomic mass is 10.1. The average molecular weight is 246 g/mol. The van der Waals surface area contributed by atoms with Crippen molar-refractivity contribution in [2.24, 2.45) is 0 Å². The van der Waals surface area contributed by atoms with Crippen LogP contribution in [0.5, 0.6) is 0 Å². The van der Waals surface area contributed by atoms with Crippen LogP contribution < -0.4 is 0 Å². The molecule has 0 bridgehead atoms. The first kappa shape index (κ1) is 11.9. The molecule has 0 amide bonds. The maximum Gasteiger partial charge on any atom is 0.305 e. The summed E-state index contributed by atoms with van der Waals surface area (Å²) in [5.41, 5.74) is 2.42. The molecule has 2 aromatic rings. The Balaban J connectivity index is 2.15. The molecule has 0 saturated heterocycles. The average Bonchev–Trinajstić information content (AvgIpc) is 2.85. The summed E-state index contributed by atoms with van der Waals surface area (Å²) in [6.45, 7) is 0. The van der Waals surface area contributed by atoms with Gasteiger partial charge in [0.25, 0.3) is 0 Å². The lowest BCUT2D eigenvalue weighted by Gasteiger charge is -2.03. The summed E-state index contributed by atoms with van der Waals surface area (Å²) in [5, 5.41) is 2.06. The maximum absolute atomic E-state index is 11.1. The summed E-state index contributed by atoms with van der Waals surface area (Å²) >= 11 is 1.69. The molecule has 0 atom stereocenters. The molecule has 88 valence electrons. The Bertz CT molecular complexity index is 488. The number of hydrogen-bond acceptors (Lipinski definition) is 3. The highest BCUT2D eigenvalue weighted by Gasteiger charge is 2.08. The zero-order chi connectivity index (χ0) is 12.1. The summed E-state index contributed by atoms with van der Waals surface area (Å²) in [7, 11) is 1.43. The summed E-state index contributed by atoms with van der Waals surface area (Å²) in [6, 6.07) is 12.3. The van der Waals surface area contributed by atoms with Crippen molar-refractivity contribution in [3.05, 3.63) is 46.7 Å². The molecule has 0 N–H and O–H groups in total. The van der Waals surface area contributed by atoms with Gasteiger partial charge in [-0.15, -0.1) is 11.3 Å². The van der Waals surface area contributed by atoms with Gasteiger partial charge >= 0.3 is 5.97 Å². The number of rotatable bonds is 4. The second kappa shape index (κ2) is 5.64. The predicted octanol–water partition coefficient (Wildman–Crippen LogP) is 3.52. The molecule has 0 fully saturated rings. The monoisotopic (exact) mass is 246 g/mol. The highest BCUT2D eigenvalue weighted by atomic mass is 32.1. The first-order chi connectivity index (χ1) is 8.31. The van der Waals surface area contributed by atoms with E-state index in [-0.39, 0.29) is 5.97 Å². The zero-order valence-electron chi connectivity index (χ0n) is 9.68. The van der Waals surface area contributed by atoms with Crippen molar-refractivity contribution in [3.63, 3.8) is 0 Å². The van der Waals surface area contributed by atoms with E-state index < -0.39 is 0 Å². The van der Waals surface area contributed by atoms with E-state index in [0.717, 1.165) is 6.42 Å². The number of ether oxygens (including phenoxy) is 1. The van der Waals surface area contributed by atoms with E-state index in [9.17, 15) is 4.79 Å². The van der Waals surface area contributed by atoms with E-state index in [1.54, 1.807) is 11.3 Å². The van der Waals surface area contributed by atoms with E-state index in [1.807, 2.05) is 18.2 Å². The third-order valence-electron chi connectivity index (χ3n) is 2.61. The number of methoxy groups -OCH3 is 1. The Hall–Kier alpha value is -1.61. The minimum atomic E-state index is -0.155. The summed E-state index contributed by atoms with van der Waals surface area (Å²) in [4.78, 5) is 12.4. The highest BCUT2D eigenvalue weighted by Crippen LogP contribution is 2.29. The Kier molecular flexibility index (Phi) is 3.94. The van der Waals surface area contributed by atoms with E-state index in [0.29, 0.717) is 6.42 Å². The van der Waals surface area contributed by atoms with Crippen LogP contribution in [0.1, 0.15) is 11.3 Å². The van der Waals surface area contributed by atoms with Gasteiger partial charge in [-0.2, -0.15) is 0 Å². The minimum absolute atomic E-state index is 0.155. The number of esters is 1. The van der Waals surface area contributed by atoms with Crippen LogP contribution in [-0.4, -0.2) is 13.1 Å². The van der Waals surface area contributed by atoms with Gasteiger partial charge in [-0.05, 0) is 29.0 Å². The fourth-order valence-electron chi connectivity index (χ4n) is 1.73. The molecule has 0 aliphatic carbocycles. The lowest BCUT2D eigenvalue weighted by molar-refractivity contribution is -0.140. The topological polar surface area (TPSA) is 26.3 Å². The van der Waals surface area contributed by atoms with Crippen LogP contribution in [0.2, 0.25) is 0 Å². The van der Waals surface area contributed by atoms with Crippen LogP contribution in [0.15, 0.2) is 41.8 Å². The van der Waals surface area contributed by atoms with Crippen molar-refractivity contribution in [2.45, 2.75) is 12.8 Å². The van der Waals surface area contributed by atoms with Gasteiger partial charge in [-0.25, -0.2) is 0 Å². The highest BCUT2D eigenvalue weighted by molar-refractivity contribution is 7.10. The van der Waals surface area contributed by atoms with Crippen molar-refractivity contribution in [1.29, 1.82) is 0 Å². The van der Waals surface area contributed by atoms with Crippen LogP contribution in [0, 0.1) is 0 Å². The molecule has 0 aliphatic heterocycles. The van der Waals surface area contributed by atoms with E-state index >= 15 is 0 Å². The smallest absolute Gasteiger partial charge is 0.305 e. The van der Waals surface area contributed by atoms with Gasteiger partial charge in [0, 0.05) is 4.88 Å². The van der Waals surface area contributed by atoms with Gasteiger partial charge in [-0.3, -0.25) is 4.79 Å². The van der Waals surface area contributed by atoms with Crippen molar-refractivity contribution >= 4 is 17.3 Å². The van der Waals surface area contributed by atoms with Gasteiger partial charge in [-0.1, -0.05) is 30.3 Å². The van der Waals surface area contributed by atoms with E-state index in [2.05, 4.69) is 28.3 Å². The minimum Gasteiger partial charge on any atom is -0.469 e. The molecule has 17 heavy (non-hydrogen) atoms. The summed E-state index contributed by atoms with van der Waals surface area (Å²) < 4.78 is 4.66. The molecule has 1 heterocycles. The van der Waals surface area contributed by atoms with Crippen LogP contribution in [0.4, 0.5) is 0 Å². The van der Waals surface area contributed by atoms with Crippen LogP contribution >= 0.6 is 11.3 Å². The van der Waals surface area contributed by atoms with Gasteiger partial charge in [0.1, 0.15) is 0 Å². The quantitative estimate of drug-likeness (QED) is 0.771. The third kappa shape index (κ3) is 2.94. The Labute approximate surface area is 105 Å². The molecule has 1 aromatic carbocycles. The summed E-state index contributed by atoms with van der Waals surface area (Å²) in [5.74, 6) is -0.155. The second-order valence-electron chi connectivity index (χ2n) is 3.70. The molecule has 3 heteroatoms. The van der Waals surface area contributed by atoms with Gasteiger partial charge in [0.05, 0.1) is 13.5 Å². The molecular formula is C14H14O2S. The van der Waals surface area contributed by atoms with Crippen molar-refractivity contribution in [2.75, 3.05) is 7.11 Å². The van der Waals surface area contributed by atoms with Crippen LogP contribution in [-0.2, 0) is 16.0 Å². The predicted molar refractivity (Wildman–Crippen MR) is 70.1 cm³/mol. The lowest BCUT2D eigenvalue weighted by Crippen LogP contribution is -2.01. The third-order valence-corrected chi connectivity index (χ3v) is 3.59. The number of carbonyl (C=O) groups excluding carboxylic acids is 1. The molecule has 0 aliphatic rings. The van der Waals surface area contributed by atoms with Crippen molar-refractivity contribution in [3.8, 4) is 11.1 Å². The number of carbonyl (C=O) groups is 1. The number of aryl methyl sites for hydroxylation is 1. The van der Waals surface area contributed by atoms with E-state index in [1.165, 1.54) is 23.1 Å². The first-order valence-corrected chi connectivity index (χ1v) is 6.38. The van der Waals surface area contributed by atoms with Crippen LogP contribution in [0.3, 0.4) is 0 Å². The summed E-state index contributed by atoms with van der Waals surface area (Å²) in [6.07, 6.45) is 1.19. The van der Waals surface area contributed by atoms with Crippen molar-refractivity contribution in [1.82, 2.24) is 0 Å². The number of hydrogen-bond donors (Lipinski definition) is 0. The molecule has 0 radical (unpaired) electrons. The van der Waals surface area contributed by atoms with Gasteiger partial charge in [0.15, 0.2) is 0 Å². The van der Waals surface area contributed by atoms with E-state index in [4.69, 9.17) is 0 Å². The SMILES string of the molecule is COC(=O)CCc1sccc1-c1ccccc1. The molecule has 2 nitrogen and oxygen atoms in total. The molecule has 1 aromatic heterocycles. The molecular weight excluding hydrogens is 232 g/mol. The maximum atomic E-state index is 11.1. The molecule has 0 unspecified atom stereocenters. The number of thiophene rings is 1. The Morgan fingerprint density at radius 3 is 2.71 bits per heavy atom.